The molecule has 0 radical (unpaired) electrons. The normalized spacial score (nSPS) is 27.2. The molecular formula is C34H44N6. The van der Waals surface area contributed by atoms with E-state index in [1.165, 1.54) is 50.6 Å². The number of nitrogens with zero attached hydrogens (tertiary/aromatic N) is 5. The molecule has 7 rings (SSSR count). The lowest BCUT2D eigenvalue weighted by Crippen LogP contribution is -2.39. The predicted molar refractivity (Wildman–Crippen MR) is 164 cm³/mol. The van der Waals surface area contributed by atoms with E-state index < -0.39 is 0 Å². The zero-order valence-electron chi connectivity index (χ0n) is 24.4. The van der Waals surface area contributed by atoms with E-state index in [1.54, 1.807) is 6.08 Å². The van der Waals surface area contributed by atoms with Gasteiger partial charge in [0.1, 0.15) is 11.6 Å². The number of aromatic nitrogens is 3. The topological polar surface area (TPSA) is 58.3 Å². The largest absolute Gasteiger partial charge is 0.371 e. The number of fused-ring (bicyclic) bond motifs is 5. The fourth-order valence-corrected chi connectivity index (χ4v) is 8.61. The molecule has 6 nitrogen and oxygen atoms in total. The summed E-state index contributed by atoms with van der Waals surface area (Å²) in [7, 11) is 0. The zero-order chi connectivity index (χ0) is 27.7. The number of pyridine rings is 1. The SMILES string of the molecule is C=C/C1=N\C(=C)NCCCC2CN(c3nc(-n4ccc(CCCC5C6(CC6)C56CC6)n4)ccc3C1=C)C(C)(C)C2. The molecule has 4 heterocycles. The summed E-state index contributed by atoms with van der Waals surface area (Å²) >= 11 is 0. The van der Waals surface area contributed by atoms with Crippen molar-refractivity contribution in [2.24, 2.45) is 27.7 Å². The molecule has 1 unspecified atom stereocenters. The van der Waals surface area contributed by atoms with Crippen molar-refractivity contribution < 1.29 is 0 Å². The minimum Gasteiger partial charge on any atom is -0.371 e. The monoisotopic (exact) mass is 536 g/mol. The number of nitrogens with one attached hydrogen (secondary N) is 1. The minimum absolute atomic E-state index is 0.00608. The van der Waals surface area contributed by atoms with Crippen LogP contribution in [0.5, 0.6) is 0 Å². The second kappa shape index (κ2) is 9.19. The molecule has 40 heavy (non-hydrogen) atoms. The van der Waals surface area contributed by atoms with Crippen molar-refractivity contribution in [1.29, 1.82) is 0 Å². The number of aliphatic imine (C=N–C) groups is 1. The van der Waals surface area contributed by atoms with Crippen molar-refractivity contribution in [1.82, 2.24) is 20.1 Å². The van der Waals surface area contributed by atoms with Gasteiger partial charge in [-0.1, -0.05) is 19.7 Å². The summed E-state index contributed by atoms with van der Waals surface area (Å²) in [5.74, 6) is 4.08. The Kier molecular flexibility index (Phi) is 5.92. The standard InChI is InChI=1S/C34H44N6/c1-6-28-23(2)27-12-13-30(37-31(27)39-22-25(21-32(39,4)5)9-8-19-35-24(3)36-28)40-20-14-26(38-40)10-7-11-29-33(15-16-33)34(29)17-18-34/h6,12-14,20,25,29,35H,1-3,7-11,15-19,21-22H2,4-5H3/b36-28+. The maximum absolute atomic E-state index is 5.27. The molecule has 4 fully saturated rings. The molecule has 1 saturated heterocycles. The first-order valence-corrected chi connectivity index (χ1v) is 15.4. The van der Waals surface area contributed by atoms with Gasteiger partial charge in [-0.2, -0.15) is 5.10 Å². The van der Waals surface area contributed by atoms with Gasteiger partial charge in [-0.25, -0.2) is 14.7 Å². The Morgan fingerprint density at radius 3 is 2.60 bits per heavy atom. The van der Waals surface area contributed by atoms with Gasteiger partial charge in [0.2, 0.25) is 0 Å². The van der Waals surface area contributed by atoms with Gasteiger partial charge in [-0.05, 0) is 125 Å². The van der Waals surface area contributed by atoms with Crippen LogP contribution in [0.1, 0.15) is 82.9 Å². The number of anilines is 1. The Morgan fingerprint density at radius 1 is 1.10 bits per heavy atom. The van der Waals surface area contributed by atoms with Crippen LogP contribution in [-0.2, 0) is 6.42 Å². The second-order valence-corrected chi connectivity index (χ2v) is 13.7. The molecule has 1 N–H and O–H groups in total. The highest BCUT2D eigenvalue weighted by Crippen LogP contribution is 2.93. The van der Waals surface area contributed by atoms with Crippen LogP contribution in [0.2, 0.25) is 0 Å². The van der Waals surface area contributed by atoms with Crippen molar-refractivity contribution in [3.63, 3.8) is 0 Å². The summed E-state index contributed by atoms with van der Waals surface area (Å²) < 4.78 is 1.95. The van der Waals surface area contributed by atoms with Crippen molar-refractivity contribution in [3.8, 4) is 5.82 Å². The number of allylic oxidation sites excluding steroid dienone is 2. The van der Waals surface area contributed by atoms with Crippen molar-refractivity contribution in [2.45, 2.75) is 83.6 Å². The van der Waals surface area contributed by atoms with Gasteiger partial charge in [-0.3, -0.25) is 0 Å². The second-order valence-electron chi connectivity index (χ2n) is 13.7. The first-order chi connectivity index (χ1) is 19.3. The molecule has 2 aromatic rings. The molecule has 2 aliphatic heterocycles. The molecule has 3 saturated carbocycles. The van der Waals surface area contributed by atoms with Crippen LogP contribution in [0.4, 0.5) is 5.82 Å². The number of aryl methyl sites for hydroxylation is 1. The van der Waals surface area contributed by atoms with Gasteiger partial charge in [0, 0.05) is 36.0 Å². The van der Waals surface area contributed by atoms with Crippen LogP contribution in [0.15, 0.2) is 61.0 Å². The first kappa shape index (κ1) is 25.8. The van der Waals surface area contributed by atoms with Crippen LogP contribution in [0.3, 0.4) is 0 Å². The van der Waals surface area contributed by atoms with Gasteiger partial charge in [0.15, 0.2) is 5.82 Å². The highest BCUT2D eigenvalue weighted by atomic mass is 15.3. The third-order valence-electron chi connectivity index (χ3n) is 10.9. The fraction of sp³-hybridized carbons (Fsp3) is 0.559. The summed E-state index contributed by atoms with van der Waals surface area (Å²) in [6.07, 6.45) is 16.9. The Morgan fingerprint density at radius 2 is 1.88 bits per heavy atom. The van der Waals surface area contributed by atoms with E-state index in [9.17, 15) is 0 Å². The molecule has 2 aromatic heterocycles. The van der Waals surface area contributed by atoms with Crippen LogP contribution in [0, 0.1) is 22.7 Å². The number of hydrogen-bond acceptors (Lipinski definition) is 5. The summed E-state index contributed by atoms with van der Waals surface area (Å²) in [4.78, 5) is 12.5. The third-order valence-corrected chi connectivity index (χ3v) is 10.9. The van der Waals surface area contributed by atoms with E-state index in [1.807, 2.05) is 4.68 Å². The Labute approximate surface area is 239 Å². The lowest BCUT2D eigenvalue weighted by molar-refractivity contribution is 0.442. The van der Waals surface area contributed by atoms with Crippen LogP contribution in [0.25, 0.3) is 11.4 Å². The maximum Gasteiger partial charge on any atom is 0.155 e. The van der Waals surface area contributed by atoms with E-state index in [0.29, 0.717) is 11.7 Å². The van der Waals surface area contributed by atoms with Gasteiger partial charge >= 0.3 is 0 Å². The summed E-state index contributed by atoms with van der Waals surface area (Å²) in [6.45, 7) is 19.1. The molecule has 1 atom stereocenters. The lowest BCUT2D eigenvalue weighted by Gasteiger charge is -2.34. The number of rotatable bonds is 6. The van der Waals surface area contributed by atoms with Crippen LogP contribution in [-0.4, -0.2) is 39.1 Å². The minimum atomic E-state index is -0.00608. The molecule has 6 heteroatoms. The molecule has 210 valence electrons. The molecule has 2 spiro atoms. The summed E-state index contributed by atoms with van der Waals surface area (Å²) in [5, 5.41) is 8.35. The van der Waals surface area contributed by atoms with Crippen molar-refractivity contribution in [3.05, 3.63) is 67.3 Å². The highest BCUT2D eigenvalue weighted by molar-refractivity contribution is 6.29. The van der Waals surface area contributed by atoms with Crippen molar-refractivity contribution >= 4 is 17.1 Å². The molecule has 5 aliphatic rings. The molecule has 2 bridgehead atoms. The fourth-order valence-electron chi connectivity index (χ4n) is 8.61. The van der Waals surface area contributed by atoms with Crippen LogP contribution >= 0.6 is 0 Å². The van der Waals surface area contributed by atoms with E-state index in [-0.39, 0.29) is 5.54 Å². The summed E-state index contributed by atoms with van der Waals surface area (Å²) in [5.41, 5.74) is 5.29. The van der Waals surface area contributed by atoms with Crippen LogP contribution < -0.4 is 10.2 Å². The van der Waals surface area contributed by atoms with E-state index in [0.717, 1.165) is 77.6 Å². The Hall–Kier alpha value is -3.15. The molecule has 0 aromatic carbocycles. The van der Waals surface area contributed by atoms with E-state index in [2.05, 4.69) is 68.2 Å². The first-order valence-electron chi connectivity index (χ1n) is 15.4. The third kappa shape index (κ3) is 4.17. The number of hydrogen-bond donors (Lipinski definition) is 1. The highest BCUT2D eigenvalue weighted by Gasteiger charge is 2.85. The van der Waals surface area contributed by atoms with Gasteiger partial charge in [-0.15, -0.1) is 0 Å². The van der Waals surface area contributed by atoms with E-state index >= 15 is 0 Å². The zero-order valence-corrected chi connectivity index (χ0v) is 24.4. The van der Waals surface area contributed by atoms with Gasteiger partial charge in [0.05, 0.1) is 11.4 Å². The molecule has 3 aliphatic carbocycles. The lowest BCUT2D eigenvalue weighted by atomic mass is 9.93. The smallest absolute Gasteiger partial charge is 0.155 e. The molecule has 0 amide bonds. The van der Waals surface area contributed by atoms with E-state index in [4.69, 9.17) is 15.1 Å². The molecular weight excluding hydrogens is 492 g/mol. The Bertz CT molecular complexity index is 1380. The average molecular weight is 537 g/mol. The quantitative estimate of drug-likeness (QED) is 0.437. The van der Waals surface area contributed by atoms with Crippen molar-refractivity contribution in [2.75, 3.05) is 18.0 Å². The Balaban J connectivity index is 1.16. The maximum atomic E-state index is 5.27. The summed E-state index contributed by atoms with van der Waals surface area (Å²) in [6, 6.07) is 6.37. The van der Waals surface area contributed by atoms with Gasteiger partial charge in [0.25, 0.3) is 0 Å². The average Bonchev–Trinajstić information content (AvgIpc) is 3.88. The predicted octanol–water partition coefficient (Wildman–Crippen LogP) is 6.88. The van der Waals surface area contributed by atoms with Gasteiger partial charge < -0.3 is 10.2 Å².